The summed E-state index contributed by atoms with van der Waals surface area (Å²) in [4.78, 5) is 16.9. The summed E-state index contributed by atoms with van der Waals surface area (Å²) in [5, 5.41) is 1.22. The van der Waals surface area contributed by atoms with Crippen LogP contribution >= 0.6 is 23.1 Å². The number of aromatic nitrogens is 2. The second kappa shape index (κ2) is 6.01. The van der Waals surface area contributed by atoms with E-state index in [1.807, 2.05) is 6.92 Å². The van der Waals surface area contributed by atoms with E-state index in [0.29, 0.717) is 11.4 Å². The van der Waals surface area contributed by atoms with E-state index in [9.17, 15) is 18.0 Å². The quantitative estimate of drug-likeness (QED) is 0.509. The molecule has 23 heavy (non-hydrogen) atoms. The first-order valence-electron chi connectivity index (χ1n) is 6.73. The van der Waals surface area contributed by atoms with Gasteiger partial charge in [-0.3, -0.25) is 9.36 Å². The van der Waals surface area contributed by atoms with Crippen LogP contribution in [0.1, 0.15) is 12.5 Å². The van der Waals surface area contributed by atoms with Gasteiger partial charge in [0.25, 0.3) is 5.56 Å². The summed E-state index contributed by atoms with van der Waals surface area (Å²) >= 11 is 2.02. The minimum Gasteiger partial charge on any atom is -0.267 e. The number of para-hydroxylation sites is 1. The fraction of sp³-hybridized carbons (Fsp3) is 0.200. The van der Waals surface area contributed by atoms with Crippen LogP contribution in [0.5, 0.6) is 0 Å². The minimum absolute atomic E-state index is 0.0154. The van der Waals surface area contributed by atoms with E-state index in [1.54, 1.807) is 30.3 Å². The molecule has 2 aromatic heterocycles. The van der Waals surface area contributed by atoms with E-state index in [1.165, 1.54) is 16.3 Å². The molecule has 120 valence electrons. The number of rotatable bonds is 3. The van der Waals surface area contributed by atoms with Crippen molar-refractivity contribution in [2.75, 3.05) is 5.75 Å². The molecule has 0 radical (unpaired) electrons. The Balaban J connectivity index is 2.35. The van der Waals surface area contributed by atoms with E-state index in [-0.39, 0.29) is 15.4 Å². The van der Waals surface area contributed by atoms with Gasteiger partial charge in [0.1, 0.15) is 10.2 Å². The lowest BCUT2D eigenvalue weighted by Crippen LogP contribution is -2.21. The molecule has 3 aromatic rings. The lowest BCUT2D eigenvalue weighted by Gasteiger charge is -2.12. The molecule has 0 aliphatic rings. The Morgan fingerprint density at radius 3 is 2.57 bits per heavy atom. The first-order chi connectivity index (χ1) is 10.9. The van der Waals surface area contributed by atoms with Gasteiger partial charge in [0.2, 0.25) is 0 Å². The number of hydrogen-bond acceptors (Lipinski definition) is 4. The fourth-order valence-electron chi connectivity index (χ4n) is 2.18. The van der Waals surface area contributed by atoms with Gasteiger partial charge in [-0.1, -0.05) is 36.9 Å². The second-order valence-corrected chi connectivity index (χ2v) is 6.74. The molecule has 0 N–H and O–H groups in total. The van der Waals surface area contributed by atoms with Crippen LogP contribution in [0.15, 0.2) is 45.7 Å². The van der Waals surface area contributed by atoms with Crippen LogP contribution < -0.4 is 5.56 Å². The molecule has 0 bridgehead atoms. The van der Waals surface area contributed by atoms with Crippen LogP contribution in [0.25, 0.3) is 15.9 Å². The van der Waals surface area contributed by atoms with Crippen molar-refractivity contribution in [2.24, 2.45) is 0 Å². The molecular formula is C15H11F3N2OS2. The predicted molar refractivity (Wildman–Crippen MR) is 86.6 cm³/mol. The Morgan fingerprint density at radius 1 is 1.26 bits per heavy atom. The number of nitrogens with zero attached hydrogens (tertiary/aromatic N) is 2. The number of benzene rings is 1. The van der Waals surface area contributed by atoms with E-state index in [0.717, 1.165) is 16.7 Å². The van der Waals surface area contributed by atoms with Crippen LogP contribution in [0.4, 0.5) is 13.2 Å². The average Bonchev–Trinajstić information content (AvgIpc) is 2.93. The normalized spacial score (nSPS) is 12.0. The zero-order chi connectivity index (χ0) is 16.6. The summed E-state index contributed by atoms with van der Waals surface area (Å²) in [6.45, 7) is 1.86. The number of halogens is 3. The van der Waals surface area contributed by atoms with Gasteiger partial charge < -0.3 is 0 Å². The third-order valence-electron chi connectivity index (χ3n) is 3.15. The van der Waals surface area contributed by atoms with Crippen molar-refractivity contribution in [1.29, 1.82) is 0 Å². The third-order valence-corrected chi connectivity index (χ3v) is 4.93. The Morgan fingerprint density at radius 2 is 1.96 bits per heavy atom. The Labute approximate surface area is 137 Å². The van der Waals surface area contributed by atoms with Crippen LogP contribution in [0.2, 0.25) is 0 Å². The molecule has 0 unspecified atom stereocenters. The van der Waals surface area contributed by atoms with Gasteiger partial charge in [-0.15, -0.1) is 11.3 Å². The summed E-state index contributed by atoms with van der Waals surface area (Å²) in [5.74, 6) is 0.594. The number of hydrogen-bond donors (Lipinski definition) is 0. The highest BCUT2D eigenvalue weighted by atomic mass is 32.2. The van der Waals surface area contributed by atoms with E-state index in [2.05, 4.69) is 4.98 Å². The monoisotopic (exact) mass is 356 g/mol. The van der Waals surface area contributed by atoms with Gasteiger partial charge in [0.15, 0.2) is 5.16 Å². The zero-order valence-electron chi connectivity index (χ0n) is 11.9. The van der Waals surface area contributed by atoms with Crippen molar-refractivity contribution in [3.05, 3.63) is 51.6 Å². The Kier molecular flexibility index (Phi) is 4.20. The van der Waals surface area contributed by atoms with Crippen molar-refractivity contribution < 1.29 is 13.2 Å². The highest BCUT2D eigenvalue weighted by Crippen LogP contribution is 2.37. The smallest absolute Gasteiger partial charge is 0.267 e. The summed E-state index contributed by atoms with van der Waals surface area (Å²) < 4.78 is 40.6. The molecule has 0 aliphatic heterocycles. The molecule has 3 nitrogen and oxygen atoms in total. The number of alkyl halides is 3. The van der Waals surface area contributed by atoms with Crippen molar-refractivity contribution in [2.45, 2.75) is 18.3 Å². The van der Waals surface area contributed by atoms with E-state index >= 15 is 0 Å². The molecule has 8 heteroatoms. The molecule has 0 spiro atoms. The number of fused-ring (bicyclic) bond motifs is 1. The van der Waals surface area contributed by atoms with Gasteiger partial charge >= 0.3 is 6.18 Å². The Bertz CT molecular complexity index is 901. The summed E-state index contributed by atoms with van der Waals surface area (Å²) in [6, 6.07) is 8.80. The number of thioether (sulfide) groups is 1. The topological polar surface area (TPSA) is 34.9 Å². The van der Waals surface area contributed by atoms with Crippen LogP contribution in [0, 0.1) is 0 Å². The lowest BCUT2D eigenvalue weighted by molar-refractivity contribution is -0.136. The maximum Gasteiger partial charge on any atom is 0.419 e. The van der Waals surface area contributed by atoms with Crippen LogP contribution in [0.3, 0.4) is 0 Å². The van der Waals surface area contributed by atoms with Crippen molar-refractivity contribution >= 4 is 33.3 Å². The standard InChI is InChI=1S/C15H11F3N2OS2/c1-2-22-14-19-11-10(15(16,17)18)8-23-12(11)13(21)20(14)9-6-4-3-5-7-9/h3-8H,2H2,1H3. The first-order valence-corrected chi connectivity index (χ1v) is 8.59. The molecule has 1 aromatic carbocycles. The van der Waals surface area contributed by atoms with E-state index < -0.39 is 17.3 Å². The highest BCUT2D eigenvalue weighted by Gasteiger charge is 2.35. The predicted octanol–water partition coefficient (Wildman–Crippen LogP) is 4.58. The molecule has 2 heterocycles. The fourth-order valence-corrected chi connectivity index (χ4v) is 3.85. The maximum absolute atomic E-state index is 13.1. The largest absolute Gasteiger partial charge is 0.419 e. The zero-order valence-corrected chi connectivity index (χ0v) is 13.6. The maximum atomic E-state index is 13.1. The van der Waals surface area contributed by atoms with Gasteiger partial charge in [-0.2, -0.15) is 13.2 Å². The first kappa shape index (κ1) is 16.1. The molecule has 0 aliphatic carbocycles. The van der Waals surface area contributed by atoms with E-state index in [4.69, 9.17) is 0 Å². The lowest BCUT2D eigenvalue weighted by atomic mass is 10.2. The molecule has 0 fully saturated rings. The van der Waals surface area contributed by atoms with Gasteiger partial charge in [-0.05, 0) is 17.9 Å². The van der Waals surface area contributed by atoms with Crippen molar-refractivity contribution in [3.63, 3.8) is 0 Å². The highest BCUT2D eigenvalue weighted by molar-refractivity contribution is 7.99. The molecule has 0 saturated heterocycles. The average molecular weight is 356 g/mol. The molecule has 0 atom stereocenters. The van der Waals surface area contributed by atoms with Crippen molar-refractivity contribution in [3.8, 4) is 5.69 Å². The third kappa shape index (κ3) is 2.88. The van der Waals surface area contributed by atoms with Gasteiger partial charge in [0.05, 0.1) is 11.3 Å². The van der Waals surface area contributed by atoms with Gasteiger partial charge in [-0.25, -0.2) is 4.98 Å². The molecule has 3 rings (SSSR count). The van der Waals surface area contributed by atoms with Crippen LogP contribution in [-0.4, -0.2) is 15.3 Å². The van der Waals surface area contributed by atoms with Crippen LogP contribution in [-0.2, 0) is 6.18 Å². The van der Waals surface area contributed by atoms with Gasteiger partial charge in [0, 0.05) is 5.38 Å². The molecule has 0 saturated carbocycles. The molecule has 0 amide bonds. The number of thiophene rings is 1. The molecular weight excluding hydrogens is 345 g/mol. The summed E-state index contributed by atoms with van der Waals surface area (Å²) in [5.41, 5.74) is -1.01. The minimum atomic E-state index is -4.52. The summed E-state index contributed by atoms with van der Waals surface area (Å²) in [7, 11) is 0. The second-order valence-electron chi connectivity index (χ2n) is 4.63. The van der Waals surface area contributed by atoms with Crippen molar-refractivity contribution in [1.82, 2.24) is 9.55 Å². The SMILES string of the molecule is CCSc1nc2c(C(F)(F)F)csc2c(=O)n1-c1ccccc1. The Hall–Kier alpha value is -1.80. The summed E-state index contributed by atoms with van der Waals surface area (Å²) in [6.07, 6.45) is -4.52.